The summed E-state index contributed by atoms with van der Waals surface area (Å²) in [5.41, 5.74) is 1.80. The standard InChI is InChI=1S/C13H13N5O3/c19-11-4-2-8-1-3-9(5-10(8)16-11)21-6-12(20)17-13-14-7-15-18-13/h1,3,5,7H,2,4,6H2,(H,16,19)(H2,14,15,17,18,20). The molecule has 108 valence electrons. The zero-order chi connectivity index (χ0) is 14.7. The van der Waals surface area contributed by atoms with Gasteiger partial charge in [0.1, 0.15) is 12.1 Å². The van der Waals surface area contributed by atoms with E-state index in [2.05, 4.69) is 25.8 Å². The number of hydrogen-bond acceptors (Lipinski definition) is 5. The molecule has 2 heterocycles. The highest BCUT2D eigenvalue weighted by Gasteiger charge is 2.15. The van der Waals surface area contributed by atoms with Crippen LogP contribution in [0, 0.1) is 0 Å². The molecular formula is C13H13N5O3. The molecule has 1 aliphatic rings. The van der Waals surface area contributed by atoms with Crippen molar-refractivity contribution < 1.29 is 14.3 Å². The lowest BCUT2D eigenvalue weighted by Crippen LogP contribution is -2.21. The Morgan fingerprint density at radius 2 is 2.29 bits per heavy atom. The minimum atomic E-state index is -0.353. The number of fused-ring (bicyclic) bond motifs is 1. The van der Waals surface area contributed by atoms with E-state index in [1.165, 1.54) is 6.33 Å². The first-order valence-electron chi connectivity index (χ1n) is 6.41. The Kier molecular flexibility index (Phi) is 3.50. The third kappa shape index (κ3) is 3.16. The van der Waals surface area contributed by atoms with Gasteiger partial charge in [0.25, 0.3) is 5.91 Å². The fourth-order valence-corrected chi connectivity index (χ4v) is 2.02. The normalized spacial score (nSPS) is 13.2. The molecular weight excluding hydrogens is 274 g/mol. The van der Waals surface area contributed by atoms with E-state index in [0.717, 1.165) is 11.3 Å². The van der Waals surface area contributed by atoms with Crippen LogP contribution < -0.4 is 15.4 Å². The SMILES string of the molecule is O=C(COc1ccc2c(c1)NC(=O)CC2)Nc1ncn[nH]1. The molecule has 1 aromatic carbocycles. The van der Waals surface area contributed by atoms with Crippen LogP contribution in [0.2, 0.25) is 0 Å². The molecule has 2 amide bonds. The molecule has 1 aliphatic heterocycles. The number of rotatable bonds is 4. The Bertz CT molecular complexity index is 668. The molecule has 0 fully saturated rings. The molecule has 1 aromatic heterocycles. The number of aromatic nitrogens is 3. The van der Waals surface area contributed by atoms with Crippen molar-refractivity contribution in [3.63, 3.8) is 0 Å². The fraction of sp³-hybridized carbons (Fsp3) is 0.231. The number of ether oxygens (including phenoxy) is 1. The van der Waals surface area contributed by atoms with Gasteiger partial charge in [-0.3, -0.25) is 14.9 Å². The number of nitrogens with one attached hydrogen (secondary N) is 3. The summed E-state index contributed by atoms with van der Waals surface area (Å²) in [4.78, 5) is 26.8. The maximum Gasteiger partial charge on any atom is 0.264 e. The molecule has 0 bridgehead atoms. The molecule has 3 N–H and O–H groups in total. The van der Waals surface area contributed by atoms with Gasteiger partial charge in [-0.25, -0.2) is 5.10 Å². The van der Waals surface area contributed by atoms with E-state index in [4.69, 9.17) is 4.74 Å². The van der Waals surface area contributed by atoms with Gasteiger partial charge in [0, 0.05) is 18.2 Å². The molecule has 0 atom stereocenters. The van der Waals surface area contributed by atoms with Crippen LogP contribution in [0.25, 0.3) is 0 Å². The first-order chi connectivity index (χ1) is 10.2. The molecule has 3 rings (SSSR count). The summed E-state index contributed by atoms with van der Waals surface area (Å²) in [5.74, 6) is 0.418. The molecule has 0 saturated heterocycles. The van der Waals surface area contributed by atoms with Crippen molar-refractivity contribution in [1.29, 1.82) is 0 Å². The van der Waals surface area contributed by atoms with E-state index in [1.54, 1.807) is 12.1 Å². The van der Waals surface area contributed by atoms with Crippen LogP contribution in [0.4, 0.5) is 11.6 Å². The summed E-state index contributed by atoms with van der Waals surface area (Å²) in [5, 5.41) is 11.4. The van der Waals surface area contributed by atoms with Gasteiger partial charge in [-0.2, -0.15) is 10.1 Å². The van der Waals surface area contributed by atoms with E-state index in [9.17, 15) is 9.59 Å². The van der Waals surface area contributed by atoms with Gasteiger partial charge in [-0.05, 0) is 18.1 Å². The third-order valence-electron chi connectivity index (χ3n) is 3.02. The smallest absolute Gasteiger partial charge is 0.264 e. The van der Waals surface area contributed by atoms with Gasteiger partial charge in [0.05, 0.1) is 0 Å². The number of amides is 2. The highest BCUT2D eigenvalue weighted by molar-refractivity contribution is 5.94. The van der Waals surface area contributed by atoms with Crippen LogP contribution in [0.15, 0.2) is 24.5 Å². The van der Waals surface area contributed by atoms with E-state index in [0.29, 0.717) is 18.6 Å². The number of benzene rings is 1. The first-order valence-corrected chi connectivity index (χ1v) is 6.41. The highest BCUT2D eigenvalue weighted by atomic mass is 16.5. The van der Waals surface area contributed by atoms with Crippen molar-refractivity contribution in [2.75, 3.05) is 17.2 Å². The lowest BCUT2D eigenvalue weighted by molar-refractivity contribution is -0.118. The monoisotopic (exact) mass is 287 g/mol. The van der Waals surface area contributed by atoms with Crippen molar-refractivity contribution >= 4 is 23.5 Å². The number of nitrogens with zero attached hydrogens (tertiary/aromatic N) is 2. The topological polar surface area (TPSA) is 109 Å². The Morgan fingerprint density at radius 3 is 3.10 bits per heavy atom. The Balaban J connectivity index is 1.59. The van der Waals surface area contributed by atoms with Crippen molar-refractivity contribution in [2.24, 2.45) is 0 Å². The van der Waals surface area contributed by atoms with Gasteiger partial charge in [0.15, 0.2) is 6.61 Å². The average Bonchev–Trinajstić information content (AvgIpc) is 2.97. The lowest BCUT2D eigenvalue weighted by atomic mass is 10.0. The van der Waals surface area contributed by atoms with Crippen molar-refractivity contribution in [3.05, 3.63) is 30.1 Å². The fourth-order valence-electron chi connectivity index (χ4n) is 2.02. The van der Waals surface area contributed by atoms with Gasteiger partial charge in [-0.15, -0.1) is 0 Å². The van der Waals surface area contributed by atoms with E-state index < -0.39 is 0 Å². The summed E-state index contributed by atoms with van der Waals surface area (Å²) in [6.07, 6.45) is 2.50. The maximum absolute atomic E-state index is 11.6. The zero-order valence-corrected chi connectivity index (χ0v) is 11.0. The Labute approximate surface area is 119 Å². The number of aromatic amines is 1. The number of H-pyrrole nitrogens is 1. The molecule has 2 aromatic rings. The second-order valence-corrected chi connectivity index (χ2v) is 4.54. The zero-order valence-electron chi connectivity index (χ0n) is 11.0. The predicted molar refractivity (Wildman–Crippen MR) is 73.9 cm³/mol. The minimum absolute atomic E-state index is 0.0114. The van der Waals surface area contributed by atoms with E-state index in [1.807, 2.05) is 6.07 Å². The van der Waals surface area contributed by atoms with Crippen molar-refractivity contribution in [3.8, 4) is 5.75 Å². The van der Waals surface area contributed by atoms with Crippen LogP contribution in [0.3, 0.4) is 0 Å². The second-order valence-electron chi connectivity index (χ2n) is 4.54. The molecule has 21 heavy (non-hydrogen) atoms. The molecule has 0 saturated carbocycles. The number of anilines is 2. The molecule has 8 nitrogen and oxygen atoms in total. The van der Waals surface area contributed by atoms with Gasteiger partial charge in [-0.1, -0.05) is 6.07 Å². The molecule has 0 unspecified atom stereocenters. The predicted octanol–water partition coefficient (Wildman–Crippen LogP) is 0.707. The highest BCUT2D eigenvalue weighted by Crippen LogP contribution is 2.27. The number of carbonyl (C=O) groups is 2. The second kappa shape index (κ2) is 5.61. The van der Waals surface area contributed by atoms with Crippen LogP contribution in [-0.4, -0.2) is 33.6 Å². The number of hydrogen-bond donors (Lipinski definition) is 3. The average molecular weight is 287 g/mol. The summed E-state index contributed by atoms with van der Waals surface area (Å²) < 4.78 is 5.39. The van der Waals surface area contributed by atoms with Crippen LogP contribution >= 0.6 is 0 Å². The minimum Gasteiger partial charge on any atom is -0.484 e. The third-order valence-corrected chi connectivity index (χ3v) is 3.02. The van der Waals surface area contributed by atoms with Crippen LogP contribution in [0.5, 0.6) is 5.75 Å². The Morgan fingerprint density at radius 1 is 1.38 bits per heavy atom. The number of aryl methyl sites for hydroxylation is 1. The molecule has 0 aliphatic carbocycles. The molecule has 8 heteroatoms. The first kappa shape index (κ1) is 13.1. The Hall–Kier alpha value is -2.90. The van der Waals surface area contributed by atoms with Crippen LogP contribution in [0.1, 0.15) is 12.0 Å². The molecule has 0 radical (unpaired) electrons. The van der Waals surface area contributed by atoms with Gasteiger partial charge < -0.3 is 10.1 Å². The lowest BCUT2D eigenvalue weighted by Gasteiger charge is -2.17. The van der Waals surface area contributed by atoms with E-state index >= 15 is 0 Å². The van der Waals surface area contributed by atoms with Gasteiger partial charge in [0.2, 0.25) is 11.9 Å². The largest absolute Gasteiger partial charge is 0.484 e. The maximum atomic E-state index is 11.6. The van der Waals surface area contributed by atoms with Crippen molar-refractivity contribution in [2.45, 2.75) is 12.8 Å². The van der Waals surface area contributed by atoms with E-state index in [-0.39, 0.29) is 24.4 Å². The summed E-state index contributed by atoms with van der Waals surface area (Å²) in [7, 11) is 0. The van der Waals surface area contributed by atoms with Gasteiger partial charge >= 0.3 is 0 Å². The summed E-state index contributed by atoms with van der Waals surface area (Å²) in [6, 6.07) is 5.38. The quantitative estimate of drug-likeness (QED) is 0.767. The number of carbonyl (C=O) groups excluding carboxylic acids is 2. The summed E-state index contributed by atoms with van der Waals surface area (Å²) >= 11 is 0. The summed E-state index contributed by atoms with van der Waals surface area (Å²) in [6.45, 7) is -0.159. The van der Waals surface area contributed by atoms with Crippen molar-refractivity contribution in [1.82, 2.24) is 15.2 Å². The molecule has 0 spiro atoms. The van der Waals surface area contributed by atoms with Crippen LogP contribution in [-0.2, 0) is 16.0 Å².